The van der Waals surface area contributed by atoms with Gasteiger partial charge in [0, 0.05) is 11.4 Å². The highest BCUT2D eigenvalue weighted by Gasteiger charge is 2.14. The van der Waals surface area contributed by atoms with Crippen LogP contribution in [0.4, 0.5) is 0 Å². The van der Waals surface area contributed by atoms with Crippen LogP contribution in [0.25, 0.3) is 0 Å². The Labute approximate surface area is 132 Å². The highest BCUT2D eigenvalue weighted by Crippen LogP contribution is 2.22. The van der Waals surface area contributed by atoms with Gasteiger partial charge in [-0.1, -0.05) is 18.5 Å². The van der Waals surface area contributed by atoms with E-state index in [0.29, 0.717) is 17.2 Å². The first-order valence-corrected chi connectivity index (χ1v) is 6.94. The molecule has 0 saturated carbocycles. The van der Waals surface area contributed by atoms with E-state index >= 15 is 0 Å². The summed E-state index contributed by atoms with van der Waals surface area (Å²) in [5.74, 6) is -1.42. The number of ether oxygens (including phenoxy) is 2. The van der Waals surface area contributed by atoms with E-state index in [9.17, 15) is 14.4 Å². The van der Waals surface area contributed by atoms with Crippen LogP contribution in [-0.4, -0.2) is 31.5 Å². The van der Waals surface area contributed by atoms with Gasteiger partial charge in [-0.15, -0.1) is 0 Å². The SMILES string of the molecule is CCCC(=O)OCC(=O)NNC(=O)c1cc(Cl)ccc1OC. The average molecular weight is 329 g/mol. The Morgan fingerprint density at radius 2 is 1.95 bits per heavy atom. The topological polar surface area (TPSA) is 93.7 Å². The van der Waals surface area contributed by atoms with Crippen LogP contribution in [0.5, 0.6) is 5.75 Å². The predicted octanol–water partition coefficient (Wildman–Crippen LogP) is 1.45. The van der Waals surface area contributed by atoms with Gasteiger partial charge in [-0.2, -0.15) is 0 Å². The van der Waals surface area contributed by atoms with Gasteiger partial charge in [-0.3, -0.25) is 25.2 Å². The first-order chi connectivity index (χ1) is 10.5. The van der Waals surface area contributed by atoms with Crippen molar-refractivity contribution in [2.75, 3.05) is 13.7 Å². The standard InChI is InChI=1S/C14H17ClN2O5/c1-3-4-13(19)22-8-12(18)16-17-14(20)10-7-9(15)5-6-11(10)21-2/h5-7H,3-4,8H2,1-2H3,(H,16,18)(H,17,20). The third-order valence-corrected chi connectivity index (χ3v) is 2.78. The lowest BCUT2D eigenvalue weighted by molar-refractivity contribution is -0.148. The maximum atomic E-state index is 11.9. The summed E-state index contributed by atoms with van der Waals surface area (Å²) in [5.41, 5.74) is 4.49. The molecule has 0 atom stereocenters. The summed E-state index contributed by atoms with van der Waals surface area (Å²) in [7, 11) is 1.41. The molecule has 2 N–H and O–H groups in total. The van der Waals surface area contributed by atoms with Crippen molar-refractivity contribution in [3.8, 4) is 5.75 Å². The molecule has 2 amide bonds. The van der Waals surface area contributed by atoms with E-state index in [2.05, 4.69) is 10.9 Å². The molecule has 0 saturated heterocycles. The van der Waals surface area contributed by atoms with Crippen LogP contribution in [0, 0.1) is 0 Å². The number of halogens is 1. The first kappa shape index (κ1) is 17.8. The van der Waals surface area contributed by atoms with Crippen LogP contribution in [-0.2, 0) is 14.3 Å². The number of hydrogen-bond acceptors (Lipinski definition) is 5. The van der Waals surface area contributed by atoms with Crippen LogP contribution >= 0.6 is 11.6 Å². The summed E-state index contributed by atoms with van der Waals surface area (Å²) in [5, 5.41) is 0.353. The molecule has 120 valence electrons. The average Bonchev–Trinajstić information content (AvgIpc) is 2.50. The van der Waals surface area contributed by atoms with Crippen molar-refractivity contribution < 1.29 is 23.9 Å². The second-order valence-electron chi connectivity index (χ2n) is 4.26. The lowest BCUT2D eigenvalue weighted by atomic mass is 10.2. The van der Waals surface area contributed by atoms with Crippen molar-refractivity contribution in [3.05, 3.63) is 28.8 Å². The molecule has 0 unspecified atom stereocenters. The Kier molecular flexibility index (Phi) is 7.18. The largest absolute Gasteiger partial charge is 0.496 e. The Hall–Kier alpha value is -2.28. The van der Waals surface area contributed by atoms with E-state index in [1.807, 2.05) is 6.92 Å². The summed E-state index contributed by atoms with van der Waals surface area (Å²) in [6.45, 7) is 1.35. The fourth-order valence-electron chi connectivity index (χ4n) is 1.51. The van der Waals surface area contributed by atoms with E-state index < -0.39 is 24.4 Å². The van der Waals surface area contributed by atoms with Gasteiger partial charge in [0.1, 0.15) is 5.75 Å². The summed E-state index contributed by atoms with van der Waals surface area (Å²) in [4.78, 5) is 34.5. The number of methoxy groups -OCH3 is 1. The fraction of sp³-hybridized carbons (Fsp3) is 0.357. The van der Waals surface area contributed by atoms with Gasteiger partial charge in [0.15, 0.2) is 6.61 Å². The van der Waals surface area contributed by atoms with Gasteiger partial charge in [0.25, 0.3) is 11.8 Å². The van der Waals surface area contributed by atoms with Crippen molar-refractivity contribution >= 4 is 29.4 Å². The molecular formula is C14H17ClN2O5. The molecule has 0 fully saturated rings. The van der Waals surface area contributed by atoms with Crippen LogP contribution in [0.3, 0.4) is 0 Å². The number of esters is 1. The van der Waals surface area contributed by atoms with E-state index in [-0.39, 0.29) is 12.0 Å². The van der Waals surface area contributed by atoms with Crippen molar-refractivity contribution in [2.24, 2.45) is 0 Å². The van der Waals surface area contributed by atoms with Gasteiger partial charge >= 0.3 is 5.97 Å². The van der Waals surface area contributed by atoms with Gasteiger partial charge in [0.2, 0.25) is 0 Å². The second-order valence-corrected chi connectivity index (χ2v) is 4.69. The Bertz CT molecular complexity index is 562. The summed E-state index contributed by atoms with van der Waals surface area (Å²) < 4.78 is 9.73. The third-order valence-electron chi connectivity index (χ3n) is 2.54. The zero-order valence-corrected chi connectivity index (χ0v) is 13.0. The van der Waals surface area contributed by atoms with E-state index in [0.717, 1.165) is 0 Å². The Morgan fingerprint density at radius 1 is 1.23 bits per heavy atom. The molecule has 0 aliphatic carbocycles. The van der Waals surface area contributed by atoms with Crippen molar-refractivity contribution in [2.45, 2.75) is 19.8 Å². The molecule has 0 bridgehead atoms. The second kappa shape index (κ2) is 8.89. The van der Waals surface area contributed by atoms with Gasteiger partial charge < -0.3 is 9.47 Å². The zero-order chi connectivity index (χ0) is 16.5. The Balaban J connectivity index is 2.51. The quantitative estimate of drug-likeness (QED) is 0.609. The number of carbonyl (C=O) groups is 3. The molecular weight excluding hydrogens is 312 g/mol. The van der Waals surface area contributed by atoms with E-state index in [4.69, 9.17) is 21.1 Å². The minimum Gasteiger partial charge on any atom is -0.496 e. The fourth-order valence-corrected chi connectivity index (χ4v) is 1.68. The number of carbonyl (C=O) groups excluding carboxylic acids is 3. The smallest absolute Gasteiger partial charge is 0.306 e. The van der Waals surface area contributed by atoms with Crippen LogP contribution in [0.2, 0.25) is 5.02 Å². The predicted molar refractivity (Wildman–Crippen MR) is 79.5 cm³/mol. The van der Waals surface area contributed by atoms with Crippen LogP contribution in [0.15, 0.2) is 18.2 Å². The molecule has 0 heterocycles. The van der Waals surface area contributed by atoms with Crippen molar-refractivity contribution in [1.82, 2.24) is 10.9 Å². The number of amides is 2. The summed E-state index contributed by atoms with van der Waals surface area (Å²) >= 11 is 5.81. The first-order valence-electron chi connectivity index (χ1n) is 6.56. The molecule has 22 heavy (non-hydrogen) atoms. The van der Waals surface area contributed by atoms with E-state index in [1.54, 1.807) is 6.07 Å². The number of hydrazine groups is 1. The Morgan fingerprint density at radius 3 is 2.59 bits per heavy atom. The van der Waals surface area contributed by atoms with Crippen molar-refractivity contribution in [3.63, 3.8) is 0 Å². The van der Waals surface area contributed by atoms with Crippen LogP contribution < -0.4 is 15.6 Å². The van der Waals surface area contributed by atoms with Gasteiger partial charge in [-0.25, -0.2) is 0 Å². The molecule has 1 aromatic rings. The number of benzene rings is 1. The maximum absolute atomic E-state index is 11.9. The highest BCUT2D eigenvalue weighted by molar-refractivity contribution is 6.31. The summed E-state index contributed by atoms with van der Waals surface area (Å²) in [6.07, 6.45) is 0.866. The monoisotopic (exact) mass is 328 g/mol. The maximum Gasteiger partial charge on any atom is 0.306 e. The minimum absolute atomic E-state index is 0.165. The normalized spacial score (nSPS) is 9.77. The molecule has 0 aliphatic rings. The molecule has 0 aliphatic heterocycles. The number of hydrogen-bond donors (Lipinski definition) is 2. The molecule has 8 heteroatoms. The van der Waals surface area contributed by atoms with Gasteiger partial charge in [-0.05, 0) is 24.6 Å². The lowest BCUT2D eigenvalue weighted by Crippen LogP contribution is -2.43. The molecule has 0 radical (unpaired) electrons. The third kappa shape index (κ3) is 5.61. The lowest BCUT2D eigenvalue weighted by Gasteiger charge is -2.10. The van der Waals surface area contributed by atoms with Crippen molar-refractivity contribution in [1.29, 1.82) is 0 Å². The number of nitrogens with one attached hydrogen (secondary N) is 2. The molecule has 0 spiro atoms. The van der Waals surface area contributed by atoms with Crippen LogP contribution in [0.1, 0.15) is 30.1 Å². The van der Waals surface area contributed by atoms with E-state index in [1.165, 1.54) is 19.2 Å². The zero-order valence-electron chi connectivity index (χ0n) is 12.3. The molecule has 1 aromatic carbocycles. The molecule has 1 rings (SSSR count). The van der Waals surface area contributed by atoms with Gasteiger partial charge in [0.05, 0.1) is 12.7 Å². The number of rotatable bonds is 6. The molecule has 7 nitrogen and oxygen atoms in total. The molecule has 0 aromatic heterocycles. The highest BCUT2D eigenvalue weighted by atomic mass is 35.5. The minimum atomic E-state index is -0.654. The summed E-state index contributed by atoms with van der Waals surface area (Å²) in [6, 6.07) is 4.51.